The molecule has 0 saturated carbocycles. The highest BCUT2D eigenvalue weighted by atomic mass is 32.1. The number of carbonyl (C=O) groups is 1. The second-order valence-corrected chi connectivity index (χ2v) is 4.64. The quantitative estimate of drug-likeness (QED) is 0.935. The van der Waals surface area contributed by atoms with Crippen LogP contribution in [0.25, 0.3) is 10.6 Å². The van der Waals surface area contributed by atoms with Gasteiger partial charge < -0.3 is 10.1 Å². The van der Waals surface area contributed by atoms with Gasteiger partial charge in [-0.15, -0.1) is 10.2 Å². The zero-order valence-corrected chi connectivity index (χ0v) is 11.3. The third kappa shape index (κ3) is 3.05. The lowest BCUT2D eigenvalue weighted by atomic mass is 10.2. The van der Waals surface area contributed by atoms with Gasteiger partial charge in [0.2, 0.25) is 11.0 Å². The van der Waals surface area contributed by atoms with Crippen molar-refractivity contribution in [2.45, 2.75) is 13.3 Å². The number of halogens is 1. The number of carbonyl (C=O) groups excluding carboxylic acids is 1. The highest BCUT2D eigenvalue weighted by Crippen LogP contribution is 2.29. The molecule has 5 nitrogen and oxygen atoms in total. The van der Waals surface area contributed by atoms with Gasteiger partial charge in [-0.25, -0.2) is 4.39 Å². The lowest BCUT2D eigenvalue weighted by molar-refractivity contribution is -0.115. The van der Waals surface area contributed by atoms with Gasteiger partial charge in [-0.1, -0.05) is 18.3 Å². The Bertz CT molecular complexity index is 600. The summed E-state index contributed by atoms with van der Waals surface area (Å²) in [6.07, 6.45) is 0.367. The highest BCUT2D eigenvalue weighted by molar-refractivity contribution is 7.18. The minimum absolute atomic E-state index is 0.136. The van der Waals surface area contributed by atoms with Crippen LogP contribution in [0.1, 0.15) is 13.3 Å². The number of nitrogens with zero attached hydrogens (tertiary/aromatic N) is 2. The number of amides is 1. The first kappa shape index (κ1) is 13.4. The number of anilines is 1. The number of rotatable bonds is 4. The minimum Gasteiger partial charge on any atom is -0.494 e. The Morgan fingerprint density at radius 2 is 2.26 bits per heavy atom. The maximum absolute atomic E-state index is 13.6. The number of methoxy groups -OCH3 is 1. The van der Waals surface area contributed by atoms with E-state index < -0.39 is 5.82 Å². The predicted molar refractivity (Wildman–Crippen MR) is 70.8 cm³/mol. The third-order valence-electron chi connectivity index (χ3n) is 2.39. The van der Waals surface area contributed by atoms with Crippen molar-refractivity contribution in [1.82, 2.24) is 10.2 Å². The van der Waals surface area contributed by atoms with Crippen LogP contribution in [-0.2, 0) is 4.79 Å². The van der Waals surface area contributed by atoms with E-state index >= 15 is 0 Å². The molecule has 0 atom stereocenters. The van der Waals surface area contributed by atoms with E-state index in [0.29, 0.717) is 22.1 Å². The van der Waals surface area contributed by atoms with Crippen molar-refractivity contribution in [3.8, 4) is 16.3 Å². The van der Waals surface area contributed by atoms with E-state index in [1.54, 1.807) is 13.0 Å². The van der Waals surface area contributed by atoms with Crippen LogP contribution >= 0.6 is 11.3 Å². The number of ether oxygens (including phenoxy) is 1. The molecule has 0 aliphatic heterocycles. The molecule has 1 aromatic carbocycles. The van der Waals surface area contributed by atoms with Gasteiger partial charge in [-0.05, 0) is 18.2 Å². The van der Waals surface area contributed by atoms with Crippen LogP contribution in [0.4, 0.5) is 9.52 Å². The van der Waals surface area contributed by atoms with E-state index in [1.165, 1.54) is 30.6 Å². The second kappa shape index (κ2) is 5.75. The molecule has 0 spiro atoms. The zero-order valence-electron chi connectivity index (χ0n) is 10.4. The van der Waals surface area contributed by atoms with Crippen LogP contribution in [0.15, 0.2) is 18.2 Å². The molecule has 0 aliphatic carbocycles. The summed E-state index contributed by atoms with van der Waals surface area (Å²) in [4.78, 5) is 11.2. The van der Waals surface area contributed by atoms with Crippen LogP contribution in [0.3, 0.4) is 0 Å². The molecule has 1 amide bonds. The summed E-state index contributed by atoms with van der Waals surface area (Å²) < 4.78 is 18.4. The summed E-state index contributed by atoms with van der Waals surface area (Å²) in [7, 11) is 1.40. The SMILES string of the molecule is CCC(=O)Nc1nnc(-c2ccc(OC)c(F)c2)s1. The Hall–Kier alpha value is -2.02. The van der Waals surface area contributed by atoms with Gasteiger partial charge in [0.05, 0.1) is 7.11 Å². The van der Waals surface area contributed by atoms with E-state index in [-0.39, 0.29) is 11.7 Å². The van der Waals surface area contributed by atoms with Gasteiger partial charge in [0.25, 0.3) is 0 Å². The molecule has 0 radical (unpaired) electrons. The molecule has 0 unspecified atom stereocenters. The summed E-state index contributed by atoms with van der Waals surface area (Å²) in [6, 6.07) is 4.54. The highest BCUT2D eigenvalue weighted by Gasteiger charge is 2.11. The molecule has 100 valence electrons. The van der Waals surface area contributed by atoms with Crippen molar-refractivity contribution in [2.75, 3.05) is 12.4 Å². The van der Waals surface area contributed by atoms with Gasteiger partial charge in [0, 0.05) is 12.0 Å². The van der Waals surface area contributed by atoms with Gasteiger partial charge >= 0.3 is 0 Å². The van der Waals surface area contributed by atoms with Crippen molar-refractivity contribution in [3.05, 3.63) is 24.0 Å². The molecule has 0 aliphatic rings. The lowest BCUT2D eigenvalue weighted by Crippen LogP contribution is -2.08. The van der Waals surface area contributed by atoms with E-state index in [9.17, 15) is 9.18 Å². The Kier molecular flexibility index (Phi) is 4.06. The average molecular weight is 281 g/mol. The molecule has 2 rings (SSSR count). The topological polar surface area (TPSA) is 64.1 Å². The van der Waals surface area contributed by atoms with E-state index in [0.717, 1.165) is 0 Å². The summed E-state index contributed by atoms with van der Waals surface area (Å²) in [6.45, 7) is 1.75. The van der Waals surface area contributed by atoms with Crippen LogP contribution in [-0.4, -0.2) is 23.2 Å². The van der Waals surface area contributed by atoms with Crippen molar-refractivity contribution >= 4 is 22.4 Å². The van der Waals surface area contributed by atoms with Crippen molar-refractivity contribution in [2.24, 2.45) is 0 Å². The molecule has 7 heteroatoms. The molecule has 2 aromatic rings. The molecule has 0 saturated heterocycles. The molecule has 0 fully saturated rings. The smallest absolute Gasteiger partial charge is 0.225 e. The maximum Gasteiger partial charge on any atom is 0.225 e. The fourth-order valence-electron chi connectivity index (χ4n) is 1.40. The number of hydrogen-bond acceptors (Lipinski definition) is 5. The van der Waals surface area contributed by atoms with Crippen LogP contribution in [0, 0.1) is 5.82 Å². The van der Waals surface area contributed by atoms with Crippen molar-refractivity contribution < 1.29 is 13.9 Å². The first-order valence-electron chi connectivity index (χ1n) is 5.61. The van der Waals surface area contributed by atoms with E-state index in [2.05, 4.69) is 15.5 Å². The Morgan fingerprint density at radius 3 is 2.89 bits per heavy atom. The number of hydrogen-bond donors (Lipinski definition) is 1. The maximum atomic E-state index is 13.6. The zero-order chi connectivity index (χ0) is 13.8. The van der Waals surface area contributed by atoms with Crippen LogP contribution in [0.2, 0.25) is 0 Å². The first-order valence-corrected chi connectivity index (χ1v) is 6.43. The fourth-order valence-corrected chi connectivity index (χ4v) is 2.15. The predicted octanol–water partition coefficient (Wildman–Crippen LogP) is 2.70. The van der Waals surface area contributed by atoms with E-state index in [1.807, 2.05) is 0 Å². The van der Waals surface area contributed by atoms with Crippen molar-refractivity contribution in [3.63, 3.8) is 0 Å². The Labute approximate surface area is 113 Å². The van der Waals surface area contributed by atoms with E-state index in [4.69, 9.17) is 4.74 Å². The summed E-state index contributed by atoms with van der Waals surface area (Å²) in [5.74, 6) is -0.425. The monoisotopic (exact) mass is 281 g/mol. The summed E-state index contributed by atoms with van der Waals surface area (Å²) in [5.41, 5.74) is 0.591. The fraction of sp³-hybridized carbons (Fsp3) is 0.250. The Morgan fingerprint density at radius 1 is 1.47 bits per heavy atom. The number of nitrogens with one attached hydrogen (secondary N) is 1. The van der Waals surface area contributed by atoms with Crippen LogP contribution in [0.5, 0.6) is 5.75 Å². The molecule has 1 aromatic heterocycles. The molecule has 1 N–H and O–H groups in total. The molecule has 19 heavy (non-hydrogen) atoms. The Balaban J connectivity index is 2.23. The molecular formula is C12H12FN3O2S. The minimum atomic E-state index is -0.464. The van der Waals surface area contributed by atoms with Crippen molar-refractivity contribution in [1.29, 1.82) is 0 Å². The molecular weight excluding hydrogens is 269 g/mol. The third-order valence-corrected chi connectivity index (χ3v) is 3.28. The number of benzene rings is 1. The summed E-state index contributed by atoms with van der Waals surface area (Å²) >= 11 is 1.19. The molecule has 0 bridgehead atoms. The van der Waals surface area contributed by atoms with Crippen LogP contribution < -0.4 is 10.1 Å². The van der Waals surface area contributed by atoms with Gasteiger partial charge in [-0.2, -0.15) is 0 Å². The second-order valence-electron chi connectivity index (χ2n) is 3.66. The largest absolute Gasteiger partial charge is 0.494 e. The summed E-state index contributed by atoms with van der Waals surface area (Å²) in [5, 5.41) is 11.3. The van der Waals surface area contributed by atoms with Gasteiger partial charge in [0.1, 0.15) is 5.01 Å². The normalized spacial score (nSPS) is 10.3. The number of aromatic nitrogens is 2. The van der Waals surface area contributed by atoms with Gasteiger partial charge in [0.15, 0.2) is 11.6 Å². The molecule has 1 heterocycles. The van der Waals surface area contributed by atoms with Gasteiger partial charge in [-0.3, -0.25) is 4.79 Å². The first-order chi connectivity index (χ1) is 9.13. The lowest BCUT2D eigenvalue weighted by Gasteiger charge is -2.02. The standard InChI is InChI=1S/C12H12FN3O2S/c1-3-10(17)14-12-16-15-11(19-12)7-4-5-9(18-2)8(13)6-7/h4-6H,3H2,1-2H3,(H,14,16,17). The average Bonchev–Trinajstić information content (AvgIpc) is 2.87.